The summed E-state index contributed by atoms with van der Waals surface area (Å²) >= 11 is 0. The maximum absolute atomic E-state index is 9.16. The number of ether oxygens (including phenoxy) is 1. The first-order chi connectivity index (χ1) is 13.0. The lowest BCUT2D eigenvalue weighted by Gasteiger charge is -2.37. The van der Waals surface area contributed by atoms with Gasteiger partial charge in [-0.3, -0.25) is 0 Å². The summed E-state index contributed by atoms with van der Waals surface area (Å²) in [7, 11) is 0. The number of fused-ring (bicyclic) bond motifs is 1. The van der Waals surface area contributed by atoms with Gasteiger partial charge in [0.15, 0.2) is 0 Å². The van der Waals surface area contributed by atoms with Crippen LogP contribution in [0.3, 0.4) is 0 Å². The molecule has 0 spiro atoms. The molecule has 0 unspecified atom stereocenters. The summed E-state index contributed by atoms with van der Waals surface area (Å²) in [6.07, 6.45) is 3.96. The fourth-order valence-corrected chi connectivity index (χ4v) is 3.96. The number of morpholine rings is 1. The van der Waals surface area contributed by atoms with Crippen molar-refractivity contribution in [2.45, 2.75) is 45.9 Å². The van der Waals surface area contributed by atoms with Gasteiger partial charge in [-0.15, -0.1) is 0 Å². The Kier molecular flexibility index (Phi) is 5.16. The van der Waals surface area contributed by atoms with Gasteiger partial charge >= 0.3 is 0 Å². The van der Waals surface area contributed by atoms with Crippen LogP contribution in [-0.2, 0) is 24.3 Å². The van der Waals surface area contributed by atoms with Crippen LogP contribution >= 0.6 is 0 Å². The zero-order chi connectivity index (χ0) is 18.9. The Hall–Kier alpha value is -1.96. The van der Waals surface area contributed by atoms with Crippen LogP contribution in [0.25, 0.3) is 0 Å². The first-order valence-electron chi connectivity index (χ1n) is 9.64. The minimum absolute atomic E-state index is 0.0720. The van der Waals surface area contributed by atoms with Crippen molar-refractivity contribution in [3.05, 3.63) is 41.1 Å². The molecule has 3 heterocycles. The van der Waals surface area contributed by atoms with Crippen LogP contribution in [0.5, 0.6) is 0 Å². The number of rotatable bonds is 5. The second-order valence-corrected chi connectivity index (χ2v) is 8.18. The fourth-order valence-electron chi connectivity index (χ4n) is 3.96. The van der Waals surface area contributed by atoms with Gasteiger partial charge in [0.25, 0.3) is 0 Å². The van der Waals surface area contributed by atoms with Crippen LogP contribution in [0, 0.1) is 5.41 Å². The normalized spacial score (nSPS) is 21.9. The number of nitrogens with one attached hydrogen (secondary N) is 1. The number of nitrogens with zero attached hydrogens (tertiary/aromatic N) is 3. The van der Waals surface area contributed by atoms with Gasteiger partial charge in [0.05, 0.1) is 25.5 Å². The summed E-state index contributed by atoms with van der Waals surface area (Å²) in [5, 5.41) is 12.8. The molecule has 1 aliphatic carbocycles. The summed E-state index contributed by atoms with van der Waals surface area (Å²) in [6, 6.07) is 3.91. The summed E-state index contributed by atoms with van der Waals surface area (Å²) in [6.45, 7) is 8.27. The molecule has 7 nitrogen and oxygen atoms in total. The van der Waals surface area contributed by atoms with Crippen LogP contribution in [0.4, 0.5) is 5.95 Å². The van der Waals surface area contributed by atoms with E-state index in [1.807, 2.05) is 18.3 Å². The standard InChI is InChI=1S/C20H28N4O3/c1-20(2)9-17(21-11-14-3-4-15(13-25)27-14)16-12-22-19(23-18(16)10-20)24-5-7-26-8-6-24/h3-4,12,17,21,25H,5-11,13H2,1-2H3/t17-/m0/s1. The van der Waals surface area contributed by atoms with Gasteiger partial charge in [-0.1, -0.05) is 13.8 Å². The monoisotopic (exact) mass is 372 g/mol. The van der Waals surface area contributed by atoms with Gasteiger partial charge in [0.1, 0.15) is 18.1 Å². The summed E-state index contributed by atoms with van der Waals surface area (Å²) in [5.74, 6) is 2.23. The number of furan rings is 1. The molecule has 0 radical (unpaired) electrons. The molecule has 146 valence electrons. The van der Waals surface area contributed by atoms with E-state index in [0.717, 1.165) is 56.5 Å². The number of anilines is 1. The van der Waals surface area contributed by atoms with Crippen molar-refractivity contribution in [2.24, 2.45) is 5.41 Å². The van der Waals surface area contributed by atoms with E-state index in [1.54, 1.807) is 0 Å². The van der Waals surface area contributed by atoms with Crippen molar-refractivity contribution >= 4 is 5.95 Å². The molecular formula is C20H28N4O3. The van der Waals surface area contributed by atoms with Gasteiger partial charge < -0.3 is 24.5 Å². The van der Waals surface area contributed by atoms with Crippen molar-refractivity contribution in [1.29, 1.82) is 0 Å². The lowest BCUT2D eigenvalue weighted by molar-refractivity contribution is 0.122. The topological polar surface area (TPSA) is 83.7 Å². The van der Waals surface area contributed by atoms with E-state index >= 15 is 0 Å². The van der Waals surface area contributed by atoms with E-state index in [9.17, 15) is 0 Å². The molecule has 1 saturated heterocycles. The van der Waals surface area contributed by atoms with Crippen molar-refractivity contribution in [3.8, 4) is 0 Å². The highest BCUT2D eigenvalue weighted by Crippen LogP contribution is 2.40. The van der Waals surface area contributed by atoms with E-state index in [-0.39, 0.29) is 18.1 Å². The average molecular weight is 372 g/mol. The fraction of sp³-hybridized carbons (Fsp3) is 0.600. The predicted molar refractivity (Wildman–Crippen MR) is 101 cm³/mol. The molecule has 4 rings (SSSR count). The highest BCUT2D eigenvalue weighted by molar-refractivity contribution is 5.36. The second-order valence-electron chi connectivity index (χ2n) is 8.18. The SMILES string of the molecule is CC1(C)Cc2nc(N3CCOCC3)ncc2[C@@H](NCc2ccc(CO)o2)C1. The van der Waals surface area contributed by atoms with Crippen molar-refractivity contribution in [1.82, 2.24) is 15.3 Å². The van der Waals surface area contributed by atoms with E-state index in [0.29, 0.717) is 12.3 Å². The largest absolute Gasteiger partial charge is 0.462 e. The number of aliphatic hydroxyl groups excluding tert-OH is 1. The Morgan fingerprint density at radius 1 is 1.26 bits per heavy atom. The third-order valence-electron chi connectivity index (χ3n) is 5.36. The van der Waals surface area contributed by atoms with Crippen molar-refractivity contribution < 1.29 is 14.3 Å². The third kappa shape index (κ3) is 4.15. The average Bonchev–Trinajstić information content (AvgIpc) is 3.13. The Labute approximate surface area is 159 Å². The first-order valence-corrected chi connectivity index (χ1v) is 9.64. The molecule has 0 bridgehead atoms. The van der Waals surface area contributed by atoms with Crippen molar-refractivity contribution in [2.75, 3.05) is 31.2 Å². The molecular weight excluding hydrogens is 344 g/mol. The van der Waals surface area contributed by atoms with Crippen LogP contribution < -0.4 is 10.2 Å². The van der Waals surface area contributed by atoms with Crippen LogP contribution in [0.15, 0.2) is 22.7 Å². The molecule has 1 fully saturated rings. The minimum atomic E-state index is -0.0720. The zero-order valence-corrected chi connectivity index (χ0v) is 16.1. The Balaban J connectivity index is 1.53. The maximum atomic E-state index is 9.16. The number of aliphatic hydroxyl groups is 1. The second kappa shape index (κ2) is 7.58. The lowest BCUT2D eigenvalue weighted by Crippen LogP contribution is -2.38. The zero-order valence-electron chi connectivity index (χ0n) is 16.1. The summed E-state index contributed by atoms with van der Waals surface area (Å²) in [5.41, 5.74) is 2.48. The van der Waals surface area contributed by atoms with Gasteiger partial charge in [-0.05, 0) is 30.4 Å². The summed E-state index contributed by atoms with van der Waals surface area (Å²) in [4.78, 5) is 11.8. The minimum Gasteiger partial charge on any atom is -0.462 e. The van der Waals surface area contributed by atoms with E-state index in [1.165, 1.54) is 5.56 Å². The van der Waals surface area contributed by atoms with Gasteiger partial charge in [-0.2, -0.15) is 0 Å². The van der Waals surface area contributed by atoms with Gasteiger partial charge in [-0.25, -0.2) is 9.97 Å². The molecule has 2 aromatic rings. The molecule has 7 heteroatoms. The number of hydrogen-bond acceptors (Lipinski definition) is 7. The molecule has 0 amide bonds. The van der Waals surface area contributed by atoms with E-state index in [2.05, 4.69) is 29.0 Å². The maximum Gasteiger partial charge on any atom is 0.225 e. The Bertz CT molecular complexity index is 783. The molecule has 2 N–H and O–H groups in total. The highest BCUT2D eigenvalue weighted by Gasteiger charge is 2.34. The van der Waals surface area contributed by atoms with Crippen LogP contribution in [0.1, 0.15) is 49.1 Å². The number of hydrogen-bond donors (Lipinski definition) is 2. The Morgan fingerprint density at radius 2 is 2.04 bits per heavy atom. The van der Waals surface area contributed by atoms with E-state index in [4.69, 9.17) is 19.2 Å². The van der Waals surface area contributed by atoms with Crippen LogP contribution in [0.2, 0.25) is 0 Å². The quantitative estimate of drug-likeness (QED) is 0.832. The molecule has 2 aromatic heterocycles. The van der Waals surface area contributed by atoms with Gasteiger partial charge in [0.2, 0.25) is 5.95 Å². The molecule has 0 saturated carbocycles. The molecule has 1 atom stereocenters. The van der Waals surface area contributed by atoms with Crippen molar-refractivity contribution in [3.63, 3.8) is 0 Å². The first kappa shape index (κ1) is 18.4. The Morgan fingerprint density at radius 3 is 2.78 bits per heavy atom. The van der Waals surface area contributed by atoms with Crippen LogP contribution in [-0.4, -0.2) is 41.4 Å². The molecule has 2 aliphatic rings. The smallest absolute Gasteiger partial charge is 0.225 e. The molecule has 0 aromatic carbocycles. The predicted octanol–water partition coefficient (Wildman–Crippen LogP) is 2.20. The number of aromatic nitrogens is 2. The highest BCUT2D eigenvalue weighted by atomic mass is 16.5. The third-order valence-corrected chi connectivity index (χ3v) is 5.36. The summed E-state index contributed by atoms with van der Waals surface area (Å²) < 4.78 is 11.0. The lowest BCUT2D eigenvalue weighted by atomic mass is 9.74. The molecule has 1 aliphatic heterocycles. The van der Waals surface area contributed by atoms with E-state index < -0.39 is 0 Å². The molecule has 27 heavy (non-hydrogen) atoms. The van der Waals surface area contributed by atoms with Gasteiger partial charge in [0, 0.05) is 30.9 Å².